The van der Waals surface area contributed by atoms with Crippen LogP contribution in [0, 0.1) is 10.1 Å². The molecule has 0 aliphatic heterocycles. The Balaban J connectivity index is 2.70. The van der Waals surface area contributed by atoms with E-state index >= 15 is 0 Å². The van der Waals surface area contributed by atoms with Gasteiger partial charge < -0.3 is 10.4 Å². The number of carbonyl (C=O) groups is 2. The van der Waals surface area contributed by atoms with Crippen LogP contribution in [0.1, 0.15) is 35.9 Å². The van der Waals surface area contributed by atoms with Crippen molar-refractivity contribution in [2.24, 2.45) is 0 Å². The second-order valence-corrected chi connectivity index (χ2v) is 4.96. The largest absolute Gasteiger partial charge is 0.480 e. The number of aliphatic carboxylic acids is 1. The van der Waals surface area contributed by atoms with E-state index in [2.05, 4.69) is 5.32 Å². The fourth-order valence-electron chi connectivity index (χ4n) is 1.44. The van der Waals surface area contributed by atoms with Gasteiger partial charge in [-0.05, 0) is 12.5 Å². The highest BCUT2D eigenvalue weighted by molar-refractivity contribution is 7.17. The van der Waals surface area contributed by atoms with Gasteiger partial charge in [0.25, 0.3) is 5.91 Å². The van der Waals surface area contributed by atoms with Gasteiger partial charge in [-0.1, -0.05) is 31.1 Å². The van der Waals surface area contributed by atoms with Gasteiger partial charge in [0.15, 0.2) is 0 Å². The maximum Gasteiger partial charge on any atom is 0.326 e. The summed E-state index contributed by atoms with van der Waals surface area (Å²) < 4.78 is 0. The number of nitrogens with one attached hydrogen (secondary N) is 1. The average molecular weight is 286 g/mol. The molecule has 0 aliphatic rings. The highest BCUT2D eigenvalue weighted by Crippen LogP contribution is 2.23. The number of thiophene rings is 1. The van der Waals surface area contributed by atoms with Crippen LogP contribution >= 0.6 is 11.3 Å². The molecule has 0 radical (unpaired) electrons. The molecular formula is C11H14N2O5S. The summed E-state index contributed by atoms with van der Waals surface area (Å²) in [5.74, 6) is -1.70. The van der Waals surface area contributed by atoms with Crippen LogP contribution in [0.25, 0.3) is 0 Å². The van der Waals surface area contributed by atoms with E-state index in [-0.39, 0.29) is 9.88 Å². The molecule has 0 spiro atoms. The van der Waals surface area contributed by atoms with E-state index in [1.54, 1.807) is 0 Å². The Morgan fingerprint density at radius 3 is 2.68 bits per heavy atom. The summed E-state index contributed by atoms with van der Waals surface area (Å²) in [5, 5.41) is 21.7. The third-order valence-electron chi connectivity index (χ3n) is 2.45. The summed E-state index contributed by atoms with van der Waals surface area (Å²) in [5.41, 5.74) is 0. The number of carboxylic acid groups (broad SMARTS) is 1. The first kappa shape index (κ1) is 15.1. The lowest BCUT2D eigenvalue weighted by Gasteiger charge is -2.12. The molecule has 0 fully saturated rings. The predicted octanol–water partition coefficient (Wildman–Crippen LogP) is 2.03. The van der Waals surface area contributed by atoms with E-state index in [1.165, 1.54) is 12.1 Å². The minimum absolute atomic E-state index is 0.134. The summed E-state index contributed by atoms with van der Waals surface area (Å²) in [6.07, 6.45) is 1.84. The van der Waals surface area contributed by atoms with Gasteiger partial charge in [-0.2, -0.15) is 0 Å². The molecule has 1 aromatic heterocycles. The van der Waals surface area contributed by atoms with Crippen LogP contribution in [0.5, 0.6) is 0 Å². The molecule has 7 nitrogen and oxygen atoms in total. The van der Waals surface area contributed by atoms with Crippen LogP contribution in [0.4, 0.5) is 5.00 Å². The summed E-state index contributed by atoms with van der Waals surface area (Å²) in [7, 11) is 0. The Labute approximate surface area is 113 Å². The molecule has 0 aromatic carbocycles. The van der Waals surface area contributed by atoms with Crippen molar-refractivity contribution in [1.29, 1.82) is 0 Å². The van der Waals surface area contributed by atoms with E-state index < -0.39 is 22.8 Å². The van der Waals surface area contributed by atoms with Crippen molar-refractivity contribution in [3.8, 4) is 0 Å². The Kier molecular flexibility index (Phi) is 5.43. The van der Waals surface area contributed by atoms with Crippen LogP contribution in [0.15, 0.2) is 12.1 Å². The van der Waals surface area contributed by atoms with Crippen molar-refractivity contribution in [3.05, 3.63) is 27.1 Å². The highest BCUT2D eigenvalue weighted by Gasteiger charge is 2.22. The summed E-state index contributed by atoms with van der Waals surface area (Å²) in [6.45, 7) is 1.92. The molecule has 1 atom stereocenters. The van der Waals surface area contributed by atoms with E-state index in [4.69, 9.17) is 5.11 Å². The topological polar surface area (TPSA) is 110 Å². The molecule has 8 heteroatoms. The van der Waals surface area contributed by atoms with Gasteiger partial charge in [0, 0.05) is 6.07 Å². The first-order valence-electron chi connectivity index (χ1n) is 5.73. The number of carbonyl (C=O) groups excluding carboxylic acids is 1. The smallest absolute Gasteiger partial charge is 0.326 e. The normalized spacial score (nSPS) is 11.8. The summed E-state index contributed by atoms with van der Waals surface area (Å²) in [6, 6.07) is 1.58. The first-order valence-corrected chi connectivity index (χ1v) is 6.55. The van der Waals surface area contributed by atoms with E-state index in [0.29, 0.717) is 12.8 Å². The number of nitro groups is 1. The molecule has 104 valence electrons. The second kappa shape index (κ2) is 6.83. The van der Waals surface area contributed by atoms with E-state index in [0.717, 1.165) is 17.8 Å². The van der Waals surface area contributed by atoms with E-state index in [9.17, 15) is 19.7 Å². The maximum atomic E-state index is 11.8. The predicted molar refractivity (Wildman–Crippen MR) is 69.4 cm³/mol. The van der Waals surface area contributed by atoms with Crippen LogP contribution < -0.4 is 5.32 Å². The lowest BCUT2D eigenvalue weighted by atomic mass is 10.1. The molecule has 2 N–H and O–H groups in total. The molecule has 1 aromatic rings. The molecular weight excluding hydrogens is 272 g/mol. The quantitative estimate of drug-likeness (QED) is 0.588. The maximum absolute atomic E-state index is 11.8. The first-order chi connectivity index (χ1) is 8.95. The van der Waals surface area contributed by atoms with Gasteiger partial charge >= 0.3 is 11.0 Å². The van der Waals surface area contributed by atoms with Crippen LogP contribution in [0.2, 0.25) is 0 Å². The molecule has 0 unspecified atom stereocenters. The van der Waals surface area contributed by atoms with Crippen molar-refractivity contribution in [2.75, 3.05) is 0 Å². The molecule has 0 saturated heterocycles. The third-order valence-corrected chi connectivity index (χ3v) is 3.48. The van der Waals surface area contributed by atoms with Crippen molar-refractivity contribution in [2.45, 2.75) is 32.2 Å². The minimum Gasteiger partial charge on any atom is -0.480 e. The second-order valence-electron chi connectivity index (χ2n) is 3.90. The lowest BCUT2D eigenvalue weighted by molar-refractivity contribution is -0.380. The fourth-order valence-corrected chi connectivity index (χ4v) is 2.17. The highest BCUT2D eigenvalue weighted by atomic mass is 32.1. The number of amides is 1. The van der Waals surface area contributed by atoms with Gasteiger partial charge in [0.05, 0.1) is 9.80 Å². The molecule has 0 saturated carbocycles. The molecule has 19 heavy (non-hydrogen) atoms. The Morgan fingerprint density at radius 2 is 2.21 bits per heavy atom. The zero-order valence-corrected chi connectivity index (χ0v) is 11.1. The van der Waals surface area contributed by atoms with E-state index in [1.807, 2.05) is 6.92 Å². The fraction of sp³-hybridized carbons (Fsp3) is 0.455. The SMILES string of the molecule is CCCC[C@H](NC(=O)c1ccc([N+](=O)[O-])s1)C(=O)O. The standard InChI is InChI=1S/C11H14N2O5S/c1-2-3-4-7(11(15)16)12-10(14)8-5-6-9(19-8)13(17)18/h5-7H,2-4H2,1H3,(H,12,14)(H,15,16)/t7-/m0/s1. The van der Waals surface area contributed by atoms with Crippen molar-refractivity contribution in [1.82, 2.24) is 5.32 Å². The van der Waals surface area contributed by atoms with Gasteiger partial charge in [-0.15, -0.1) is 0 Å². The Morgan fingerprint density at radius 1 is 1.53 bits per heavy atom. The third kappa shape index (κ3) is 4.32. The number of hydrogen-bond donors (Lipinski definition) is 2. The summed E-state index contributed by atoms with van der Waals surface area (Å²) >= 11 is 0.723. The Bertz CT molecular complexity index is 485. The van der Waals surface area contributed by atoms with Crippen LogP contribution in [-0.2, 0) is 4.79 Å². The van der Waals surface area contributed by atoms with Gasteiger partial charge in [0.1, 0.15) is 6.04 Å². The average Bonchev–Trinajstić information content (AvgIpc) is 2.83. The zero-order valence-electron chi connectivity index (χ0n) is 10.3. The Hall–Kier alpha value is -1.96. The molecule has 0 aliphatic carbocycles. The van der Waals surface area contributed by atoms with Crippen LogP contribution in [0.3, 0.4) is 0 Å². The molecule has 1 rings (SSSR count). The van der Waals surface area contributed by atoms with Gasteiger partial charge in [-0.3, -0.25) is 14.9 Å². The summed E-state index contributed by atoms with van der Waals surface area (Å²) in [4.78, 5) is 32.8. The number of hydrogen-bond acceptors (Lipinski definition) is 5. The zero-order chi connectivity index (χ0) is 14.4. The number of unbranched alkanes of at least 4 members (excludes halogenated alkanes) is 1. The van der Waals surface area contributed by atoms with Crippen molar-refractivity contribution in [3.63, 3.8) is 0 Å². The number of nitrogens with zero attached hydrogens (tertiary/aromatic N) is 1. The number of carboxylic acids is 1. The molecule has 0 bridgehead atoms. The molecule has 1 heterocycles. The van der Waals surface area contributed by atoms with Gasteiger partial charge in [-0.25, -0.2) is 4.79 Å². The lowest BCUT2D eigenvalue weighted by Crippen LogP contribution is -2.40. The van der Waals surface area contributed by atoms with Crippen molar-refractivity contribution >= 4 is 28.2 Å². The number of rotatable bonds is 7. The van der Waals surface area contributed by atoms with Crippen molar-refractivity contribution < 1.29 is 19.6 Å². The monoisotopic (exact) mass is 286 g/mol. The van der Waals surface area contributed by atoms with Gasteiger partial charge in [0.2, 0.25) is 0 Å². The molecule has 1 amide bonds. The minimum atomic E-state index is -1.10. The van der Waals surface area contributed by atoms with Crippen LogP contribution in [-0.4, -0.2) is 27.9 Å².